The zero-order valence-electron chi connectivity index (χ0n) is 16.2. The first-order valence-electron chi connectivity index (χ1n) is 9.56. The predicted octanol–water partition coefficient (Wildman–Crippen LogP) is 4.48. The Labute approximate surface area is 164 Å². The lowest BCUT2D eigenvalue weighted by atomic mass is 9.98. The van der Waals surface area contributed by atoms with Gasteiger partial charge in [0, 0.05) is 24.7 Å². The first-order valence-corrected chi connectivity index (χ1v) is 9.56. The highest BCUT2D eigenvalue weighted by molar-refractivity contribution is 6.06. The third-order valence-corrected chi connectivity index (χ3v) is 4.99. The molecule has 1 heterocycles. The maximum Gasteiger partial charge on any atom is 0.311 e. The molecule has 28 heavy (non-hydrogen) atoms. The third-order valence-electron chi connectivity index (χ3n) is 4.99. The summed E-state index contributed by atoms with van der Waals surface area (Å²) in [5.41, 5.74) is 1.69. The van der Waals surface area contributed by atoms with Crippen LogP contribution >= 0.6 is 0 Å². The van der Waals surface area contributed by atoms with Crippen LogP contribution in [-0.2, 0) is 0 Å². The molecule has 1 aliphatic rings. The van der Waals surface area contributed by atoms with Gasteiger partial charge in [0.1, 0.15) is 0 Å². The molecule has 0 aromatic heterocycles. The van der Waals surface area contributed by atoms with Crippen LogP contribution in [0.2, 0.25) is 0 Å². The number of nitro groups is 1. The highest BCUT2D eigenvalue weighted by atomic mass is 16.6. The zero-order chi connectivity index (χ0) is 20.1. The average Bonchev–Trinajstić information content (AvgIpc) is 2.69. The molecule has 1 fully saturated rings. The van der Waals surface area contributed by atoms with Crippen molar-refractivity contribution in [2.24, 2.45) is 5.92 Å². The number of anilines is 2. The van der Waals surface area contributed by atoms with Crippen molar-refractivity contribution in [3.63, 3.8) is 0 Å². The fraction of sp³-hybridized carbons (Fsp3) is 0.381. The van der Waals surface area contributed by atoms with E-state index in [1.165, 1.54) is 12.1 Å². The van der Waals surface area contributed by atoms with Crippen LogP contribution in [0.5, 0.6) is 5.75 Å². The quantitative estimate of drug-likeness (QED) is 0.587. The van der Waals surface area contributed by atoms with Crippen molar-refractivity contribution < 1.29 is 14.5 Å². The smallest absolute Gasteiger partial charge is 0.311 e. The minimum Gasteiger partial charge on any atom is -0.487 e. The molecule has 0 spiro atoms. The zero-order valence-corrected chi connectivity index (χ0v) is 16.2. The second-order valence-corrected chi connectivity index (χ2v) is 7.01. The molecule has 7 heteroatoms. The number of carbonyl (C=O) groups excluding carboxylic acids is 1. The molecular weight excluding hydrogens is 358 g/mol. The third kappa shape index (κ3) is 4.42. The summed E-state index contributed by atoms with van der Waals surface area (Å²) >= 11 is 0. The molecule has 0 aliphatic carbocycles. The van der Waals surface area contributed by atoms with Crippen molar-refractivity contribution in [3.05, 3.63) is 58.1 Å². The van der Waals surface area contributed by atoms with Crippen molar-refractivity contribution in [2.75, 3.05) is 29.9 Å². The first kappa shape index (κ1) is 19.7. The molecular formula is C21H25N3O4. The van der Waals surface area contributed by atoms with Crippen molar-refractivity contribution >= 4 is 23.0 Å². The number of rotatable bonds is 6. The molecule has 3 rings (SSSR count). The van der Waals surface area contributed by atoms with Crippen LogP contribution in [0.25, 0.3) is 0 Å². The van der Waals surface area contributed by atoms with E-state index in [4.69, 9.17) is 4.74 Å². The highest BCUT2D eigenvalue weighted by Gasteiger charge is 2.21. The van der Waals surface area contributed by atoms with Crippen molar-refractivity contribution in [1.29, 1.82) is 0 Å². The van der Waals surface area contributed by atoms with Gasteiger partial charge in [-0.15, -0.1) is 0 Å². The summed E-state index contributed by atoms with van der Waals surface area (Å²) in [7, 11) is 0. The number of piperidine rings is 1. The normalized spacial score (nSPS) is 14.6. The van der Waals surface area contributed by atoms with Gasteiger partial charge in [-0.1, -0.05) is 19.1 Å². The fourth-order valence-electron chi connectivity index (χ4n) is 3.38. The molecule has 148 valence electrons. The Morgan fingerprint density at radius 2 is 1.96 bits per heavy atom. The maximum atomic E-state index is 12.8. The largest absolute Gasteiger partial charge is 0.487 e. The van der Waals surface area contributed by atoms with E-state index in [0.29, 0.717) is 18.2 Å². The summed E-state index contributed by atoms with van der Waals surface area (Å²) in [6.07, 6.45) is 2.24. The minimum absolute atomic E-state index is 0.159. The van der Waals surface area contributed by atoms with Gasteiger partial charge in [0.15, 0.2) is 5.75 Å². The molecule has 0 atom stereocenters. The van der Waals surface area contributed by atoms with E-state index in [1.54, 1.807) is 13.0 Å². The molecule has 0 bridgehead atoms. The van der Waals surface area contributed by atoms with Gasteiger partial charge in [-0.05, 0) is 49.9 Å². The van der Waals surface area contributed by atoms with Crippen LogP contribution in [0.4, 0.5) is 17.1 Å². The number of amides is 1. The van der Waals surface area contributed by atoms with Gasteiger partial charge >= 0.3 is 5.69 Å². The van der Waals surface area contributed by atoms with Crippen molar-refractivity contribution in [2.45, 2.75) is 26.7 Å². The van der Waals surface area contributed by atoms with Gasteiger partial charge in [-0.2, -0.15) is 0 Å². The SMILES string of the molecule is CCOc1ccc(C(=O)Nc2ccccc2N2CCC(C)CC2)cc1[N+](=O)[O-]. The Morgan fingerprint density at radius 1 is 1.25 bits per heavy atom. The molecule has 2 aromatic carbocycles. The van der Waals surface area contributed by atoms with Crippen LogP contribution in [-0.4, -0.2) is 30.5 Å². The van der Waals surface area contributed by atoms with E-state index in [9.17, 15) is 14.9 Å². The number of para-hydroxylation sites is 2. The summed E-state index contributed by atoms with van der Waals surface area (Å²) in [6, 6.07) is 11.9. The second-order valence-electron chi connectivity index (χ2n) is 7.01. The number of ether oxygens (including phenoxy) is 1. The van der Waals surface area contributed by atoms with Gasteiger partial charge in [0.05, 0.1) is 22.9 Å². The Kier molecular flexibility index (Phi) is 6.13. The van der Waals surface area contributed by atoms with Crippen LogP contribution < -0.4 is 15.0 Å². The van der Waals surface area contributed by atoms with Crippen LogP contribution in [0.15, 0.2) is 42.5 Å². The lowest BCUT2D eigenvalue weighted by Gasteiger charge is -2.33. The predicted molar refractivity (Wildman–Crippen MR) is 109 cm³/mol. The Bertz CT molecular complexity index is 860. The Hall–Kier alpha value is -3.09. The lowest BCUT2D eigenvalue weighted by Crippen LogP contribution is -2.33. The monoisotopic (exact) mass is 383 g/mol. The summed E-state index contributed by atoms with van der Waals surface area (Å²) < 4.78 is 5.28. The highest BCUT2D eigenvalue weighted by Crippen LogP contribution is 2.31. The van der Waals surface area contributed by atoms with Gasteiger partial charge in [-0.25, -0.2) is 0 Å². The molecule has 0 unspecified atom stereocenters. The average molecular weight is 383 g/mol. The van der Waals surface area contributed by atoms with E-state index in [0.717, 1.165) is 31.6 Å². The van der Waals surface area contributed by atoms with E-state index in [2.05, 4.69) is 17.1 Å². The maximum absolute atomic E-state index is 12.8. The van der Waals surface area contributed by atoms with E-state index >= 15 is 0 Å². The number of carbonyl (C=O) groups is 1. The summed E-state index contributed by atoms with van der Waals surface area (Å²) in [5.74, 6) is 0.485. The number of hydrogen-bond donors (Lipinski definition) is 1. The number of benzene rings is 2. The molecule has 0 saturated carbocycles. The fourth-order valence-corrected chi connectivity index (χ4v) is 3.38. The molecule has 0 radical (unpaired) electrons. The lowest BCUT2D eigenvalue weighted by molar-refractivity contribution is -0.385. The van der Waals surface area contributed by atoms with Crippen molar-refractivity contribution in [1.82, 2.24) is 0 Å². The van der Waals surface area contributed by atoms with E-state index < -0.39 is 4.92 Å². The summed E-state index contributed by atoms with van der Waals surface area (Å²) in [5, 5.41) is 14.2. The van der Waals surface area contributed by atoms with Crippen LogP contribution in [0.3, 0.4) is 0 Å². The number of nitrogens with one attached hydrogen (secondary N) is 1. The number of nitro benzene ring substituents is 1. The molecule has 2 aromatic rings. The minimum atomic E-state index is -0.537. The van der Waals surface area contributed by atoms with Gasteiger partial charge in [0.25, 0.3) is 5.91 Å². The summed E-state index contributed by atoms with van der Waals surface area (Å²) in [6.45, 7) is 6.21. The molecule has 1 N–H and O–H groups in total. The standard InChI is InChI=1S/C21H25N3O4/c1-3-28-20-9-8-16(14-19(20)24(26)27)21(25)22-17-6-4-5-7-18(17)23-12-10-15(2)11-13-23/h4-9,14-15H,3,10-13H2,1-2H3,(H,22,25). The topological polar surface area (TPSA) is 84.7 Å². The molecule has 1 aliphatic heterocycles. The second kappa shape index (κ2) is 8.73. The summed E-state index contributed by atoms with van der Waals surface area (Å²) in [4.78, 5) is 25.8. The van der Waals surface area contributed by atoms with Crippen LogP contribution in [0.1, 0.15) is 37.0 Å². The van der Waals surface area contributed by atoms with Gasteiger partial charge < -0.3 is 15.0 Å². The van der Waals surface area contributed by atoms with Crippen molar-refractivity contribution in [3.8, 4) is 5.75 Å². The van der Waals surface area contributed by atoms with Gasteiger partial charge in [0.2, 0.25) is 0 Å². The Morgan fingerprint density at radius 3 is 2.64 bits per heavy atom. The van der Waals surface area contributed by atoms with Crippen LogP contribution in [0, 0.1) is 16.0 Å². The number of nitrogens with zero attached hydrogens (tertiary/aromatic N) is 2. The number of hydrogen-bond acceptors (Lipinski definition) is 5. The van der Waals surface area contributed by atoms with Gasteiger partial charge in [-0.3, -0.25) is 14.9 Å². The molecule has 1 saturated heterocycles. The first-order chi connectivity index (χ1) is 13.5. The molecule has 1 amide bonds. The van der Waals surface area contributed by atoms with E-state index in [1.807, 2.05) is 24.3 Å². The Balaban J connectivity index is 1.82. The molecule has 7 nitrogen and oxygen atoms in total. The van der Waals surface area contributed by atoms with E-state index in [-0.39, 0.29) is 22.9 Å².